The molecule has 0 aromatic heterocycles. The summed E-state index contributed by atoms with van der Waals surface area (Å²) in [5.41, 5.74) is 0.969. The van der Waals surface area contributed by atoms with Crippen LogP contribution in [0.4, 0.5) is 0 Å². The smallest absolute Gasteiger partial charge is 0.327 e. The molecule has 1 atom stereocenters. The third-order valence-electron chi connectivity index (χ3n) is 3.36. The minimum absolute atomic E-state index is 0.200. The molecule has 0 spiro atoms. The molecule has 0 radical (unpaired) electrons. The number of hydrogen-bond acceptors (Lipinski definition) is 4. The summed E-state index contributed by atoms with van der Waals surface area (Å²) in [5.74, 6) is -0.200. The summed E-state index contributed by atoms with van der Waals surface area (Å²) in [6.45, 7) is 3.65. The van der Waals surface area contributed by atoms with Crippen molar-refractivity contribution in [3.63, 3.8) is 0 Å². The fourth-order valence-electron chi connectivity index (χ4n) is 2.41. The zero-order valence-corrected chi connectivity index (χ0v) is 12.6. The lowest BCUT2D eigenvalue weighted by molar-refractivity contribution is -0.147. The van der Waals surface area contributed by atoms with Crippen molar-refractivity contribution in [1.29, 1.82) is 0 Å². The second-order valence-electron chi connectivity index (χ2n) is 4.59. The first-order chi connectivity index (χ1) is 9.24. The van der Waals surface area contributed by atoms with E-state index in [2.05, 4.69) is 26.1 Å². The van der Waals surface area contributed by atoms with Crippen molar-refractivity contribution in [2.75, 3.05) is 33.3 Å². The van der Waals surface area contributed by atoms with Crippen molar-refractivity contribution in [3.8, 4) is 0 Å². The highest BCUT2D eigenvalue weighted by Crippen LogP contribution is 2.29. The molecule has 19 heavy (non-hydrogen) atoms. The molecule has 1 unspecified atom stereocenters. The number of carbonyl (C=O) groups excluding carboxylic acids is 1. The van der Waals surface area contributed by atoms with Gasteiger partial charge in [0.15, 0.2) is 0 Å². The monoisotopic (exact) mass is 326 g/mol. The molecule has 1 N–H and O–H groups in total. The van der Waals surface area contributed by atoms with Crippen LogP contribution in [0.2, 0.25) is 0 Å². The fraction of sp³-hybridized carbons (Fsp3) is 0.500. The van der Waals surface area contributed by atoms with E-state index in [-0.39, 0.29) is 12.0 Å². The first kappa shape index (κ1) is 14.5. The number of esters is 1. The number of halogens is 1. The van der Waals surface area contributed by atoms with Gasteiger partial charge in [-0.25, -0.2) is 4.79 Å². The zero-order valence-electron chi connectivity index (χ0n) is 11.1. The van der Waals surface area contributed by atoms with Crippen LogP contribution in [0.5, 0.6) is 0 Å². The van der Waals surface area contributed by atoms with Crippen molar-refractivity contribution in [2.24, 2.45) is 0 Å². The van der Waals surface area contributed by atoms with E-state index in [1.54, 1.807) is 0 Å². The van der Waals surface area contributed by atoms with Crippen LogP contribution in [-0.2, 0) is 9.53 Å². The van der Waals surface area contributed by atoms with Crippen LogP contribution in [0, 0.1) is 0 Å². The quantitative estimate of drug-likeness (QED) is 0.862. The highest BCUT2D eigenvalue weighted by Gasteiger charge is 2.30. The Balaban J connectivity index is 2.30. The van der Waals surface area contributed by atoms with E-state index in [4.69, 9.17) is 4.74 Å². The molecule has 1 saturated heterocycles. The number of rotatable bonds is 3. The fourth-order valence-corrected chi connectivity index (χ4v) is 2.91. The van der Waals surface area contributed by atoms with Gasteiger partial charge in [-0.2, -0.15) is 0 Å². The second kappa shape index (κ2) is 7.03. The van der Waals surface area contributed by atoms with Crippen LogP contribution < -0.4 is 5.32 Å². The highest BCUT2D eigenvalue weighted by molar-refractivity contribution is 9.10. The predicted molar refractivity (Wildman–Crippen MR) is 78.0 cm³/mol. The number of methoxy groups -OCH3 is 1. The van der Waals surface area contributed by atoms with Crippen molar-refractivity contribution < 1.29 is 9.53 Å². The van der Waals surface area contributed by atoms with Crippen molar-refractivity contribution in [2.45, 2.75) is 12.5 Å². The van der Waals surface area contributed by atoms with Gasteiger partial charge in [0.2, 0.25) is 0 Å². The van der Waals surface area contributed by atoms with Crippen LogP contribution in [0.3, 0.4) is 0 Å². The van der Waals surface area contributed by atoms with Crippen LogP contribution in [0.15, 0.2) is 28.7 Å². The Kier molecular flexibility index (Phi) is 5.36. The van der Waals surface area contributed by atoms with Gasteiger partial charge in [-0.1, -0.05) is 34.1 Å². The summed E-state index contributed by atoms with van der Waals surface area (Å²) >= 11 is 3.53. The van der Waals surface area contributed by atoms with Crippen molar-refractivity contribution >= 4 is 21.9 Å². The van der Waals surface area contributed by atoms with E-state index in [1.807, 2.05) is 24.3 Å². The normalized spacial score (nSPS) is 18.6. The molecule has 1 aromatic rings. The first-order valence-electron chi connectivity index (χ1n) is 6.51. The van der Waals surface area contributed by atoms with Gasteiger partial charge >= 0.3 is 5.97 Å². The largest absolute Gasteiger partial charge is 0.468 e. The minimum atomic E-state index is -0.333. The summed E-state index contributed by atoms with van der Waals surface area (Å²) in [6.07, 6.45) is 1.04. The molecular weight excluding hydrogens is 308 g/mol. The molecule has 4 nitrogen and oxygen atoms in total. The lowest BCUT2D eigenvalue weighted by Gasteiger charge is -2.29. The predicted octanol–water partition coefficient (Wildman–Crippen LogP) is 1.96. The molecule has 0 amide bonds. The Morgan fingerprint density at radius 1 is 1.37 bits per heavy atom. The number of hydrogen-bond donors (Lipinski definition) is 1. The molecule has 1 heterocycles. The van der Waals surface area contributed by atoms with Gasteiger partial charge in [-0.3, -0.25) is 4.90 Å². The molecule has 0 saturated carbocycles. The highest BCUT2D eigenvalue weighted by atomic mass is 79.9. The molecular formula is C14H19BrN2O2. The Morgan fingerprint density at radius 2 is 2.16 bits per heavy atom. The van der Waals surface area contributed by atoms with Crippen molar-refractivity contribution in [1.82, 2.24) is 10.2 Å². The SMILES string of the molecule is COC(=O)C(c1ccccc1Br)N1CCCNCC1. The molecule has 0 aliphatic carbocycles. The van der Waals surface area contributed by atoms with E-state index in [9.17, 15) is 4.79 Å². The van der Waals surface area contributed by atoms with E-state index in [0.717, 1.165) is 42.6 Å². The van der Waals surface area contributed by atoms with Gasteiger partial charge < -0.3 is 10.1 Å². The molecule has 2 rings (SSSR count). The van der Waals surface area contributed by atoms with E-state index in [1.165, 1.54) is 7.11 Å². The maximum absolute atomic E-state index is 12.2. The van der Waals surface area contributed by atoms with E-state index >= 15 is 0 Å². The maximum atomic E-state index is 12.2. The van der Waals surface area contributed by atoms with Crippen LogP contribution in [0.25, 0.3) is 0 Å². The Labute approximate surface area is 122 Å². The summed E-state index contributed by atoms with van der Waals surface area (Å²) < 4.78 is 5.94. The van der Waals surface area contributed by atoms with Gasteiger partial charge in [0.1, 0.15) is 6.04 Å². The maximum Gasteiger partial charge on any atom is 0.327 e. The Morgan fingerprint density at radius 3 is 2.89 bits per heavy atom. The third-order valence-corrected chi connectivity index (χ3v) is 4.09. The molecule has 1 aliphatic heterocycles. The first-order valence-corrected chi connectivity index (χ1v) is 7.30. The van der Waals surface area contributed by atoms with Gasteiger partial charge in [-0.05, 0) is 24.6 Å². The topological polar surface area (TPSA) is 41.6 Å². The lowest BCUT2D eigenvalue weighted by Crippen LogP contribution is -2.37. The summed E-state index contributed by atoms with van der Waals surface area (Å²) in [7, 11) is 1.45. The number of benzene rings is 1. The number of nitrogens with zero attached hydrogens (tertiary/aromatic N) is 1. The number of ether oxygens (including phenoxy) is 1. The van der Waals surface area contributed by atoms with Crippen molar-refractivity contribution in [3.05, 3.63) is 34.3 Å². The van der Waals surface area contributed by atoms with E-state index in [0.29, 0.717) is 0 Å². The van der Waals surface area contributed by atoms with Crippen LogP contribution in [-0.4, -0.2) is 44.2 Å². The Bertz CT molecular complexity index is 431. The van der Waals surface area contributed by atoms with E-state index < -0.39 is 0 Å². The average molecular weight is 327 g/mol. The minimum Gasteiger partial charge on any atom is -0.468 e. The lowest BCUT2D eigenvalue weighted by atomic mass is 10.1. The van der Waals surface area contributed by atoms with Gasteiger partial charge in [0.25, 0.3) is 0 Å². The van der Waals surface area contributed by atoms with Crippen LogP contribution >= 0.6 is 15.9 Å². The summed E-state index contributed by atoms with van der Waals surface area (Å²) in [4.78, 5) is 14.4. The summed E-state index contributed by atoms with van der Waals surface area (Å²) in [5, 5.41) is 3.35. The van der Waals surface area contributed by atoms with Gasteiger partial charge in [0.05, 0.1) is 7.11 Å². The number of carbonyl (C=O) groups is 1. The molecule has 104 valence electrons. The van der Waals surface area contributed by atoms with Gasteiger partial charge in [-0.15, -0.1) is 0 Å². The Hall–Kier alpha value is -0.910. The summed E-state index contributed by atoms with van der Waals surface area (Å²) in [6, 6.07) is 7.50. The molecule has 1 aromatic carbocycles. The molecule has 1 fully saturated rings. The molecule has 5 heteroatoms. The van der Waals surface area contributed by atoms with Crippen LogP contribution in [0.1, 0.15) is 18.0 Å². The zero-order chi connectivity index (χ0) is 13.7. The number of nitrogens with one attached hydrogen (secondary N) is 1. The molecule has 1 aliphatic rings. The standard InChI is InChI=1S/C14H19BrN2O2/c1-19-14(18)13(11-5-2-3-6-12(11)15)17-9-4-7-16-8-10-17/h2-3,5-6,13,16H,4,7-10H2,1H3. The van der Waals surface area contributed by atoms with Gasteiger partial charge in [0, 0.05) is 24.1 Å². The molecule has 0 bridgehead atoms. The third kappa shape index (κ3) is 3.55. The average Bonchev–Trinajstić information content (AvgIpc) is 2.70. The second-order valence-corrected chi connectivity index (χ2v) is 5.44.